The van der Waals surface area contributed by atoms with Crippen molar-refractivity contribution in [3.63, 3.8) is 0 Å². The fraction of sp³-hybridized carbons (Fsp3) is 0.632. The van der Waals surface area contributed by atoms with E-state index in [1.807, 2.05) is 6.92 Å². The van der Waals surface area contributed by atoms with Gasteiger partial charge in [0.15, 0.2) is 5.96 Å². The van der Waals surface area contributed by atoms with Gasteiger partial charge in [-0.1, -0.05) is 29.8 Å². The van der Waals surface area contributed by atoms with E-state index >= 15 is 0 Å². The largest absolute Gasteiger partial charge is 0.357 e. The molecule has 0 atom stereocenters. The highest BCUT2D eigenvalue weighted by Crippen LogP contribution is 2.14. The first kappa shape index (κ1) is 24.2. The van der Waals surface area contributed by atoms with Gasteiger partial charge in [0.05, 0.1) is 5.75 Å². The van der Waals surface area contributed by atoms with E-state index in [-0.39, 0.29) is 35.8 Å². The number of benzene rings is 1. The van der Waals surface area contributed by atoms with Crippen LogP contribution in [0.1, 0.15) is 37.8 Å². The van der Waals surface area contributed by atoms with Crippen molar-refractivity contribution in [3.8, 4) is 0 Å². The Morgan fingerprint density at radius 1 is 1.19 bits per heavy atom. The summed E-state index contributed by atoms with van der Waals surface area (Å²) in [6.07, 6.45) is 2.52. The second-order valence-corrected chi connectivity index (χ2v) is 8.97. The lowest BCUT2D eigenvalue weighted by atomic mass is 10.1. The maximum atomic E-state index is 12.0. The molecule has 1 aromatic carbocycles. The Morgan fingerprint density at radius 2 is 1.81 bits per heavy atom. The number of guanidine groups is 1. The standard InChI is InChI=1S/C19H32N4O2S.HI/c1-4-20-19(21-13-10-17-8-6-16(3)7-9-17)22-18-11-14-23(15-12-18)26(24,25)5-2;/h6-9,18H,4-5,10-15H2,1-3H3,(H2,20,21,22);1H. The van der Waals surface area contributed by atoms with E-state index in [0.29, 0.717) is 13.1 Å². The molecule has 1 aliphatic rings. The zero-order valence-electron chi connectivity index (χ0n) is 16.6. The molecule has 0 amide bonds. The number of sulfonamides is 1. The number of nitrogens with one attached hydrogen (secondary N) is 2. The van der Waals surface area contributed by atoms with Gasteiger partial charge in [-0.05, 0) is 45.6 Å². The highest BCUT2D eigenvalue weighted by molar-refractivity contribution is 14.0. The predicted octanol–water partition coefficient (Wildman–Crippen LogP) is 2.52. The van der Waals surface area contributed by atoms with Crippen LogP contribution in [-0.4, -0.2) is 56.7 Å². The maximum Gasteiger partial charge on any atom is 0.213 e. The molecule has 8 heteroatoms. The topological polar surface area (TPSA) is 73.8 Å². The third-order valence-electron chi connectivity index (χ3n) is 4.69. The first-order valence-electron chi connectivity index (χ1n) is 9.52. The van der Waals surface area contributed by atoms with Crippen molar-refractivity contribution in [3.05, 3.63) is 35.4 Å². The highest BCUT2D eigenvalue weighted by Gasteiger charge is 2.26. The first-order chi connectivity index (χ1) is 12.4. The predicted molar refractivity (Wildman–Crippen MR) is 123 cm³/mol. The van der Waals surface area contributed by atoms with Crippen LogP contribution in [-0.2, 0) is 16.4 Å². The minimum Gasteiger partial charge on any atom is -0.357 e. The molecule has 1 heterocycles. The van der Waals surface area contributed by atoms with Crippen LogP contribution < -0.4 is 10.6 Å². The minimum absolute atomic E-state index is 0. The summed E-state index contributed by atoms with van der Waals surface area (Å²) in [6.45, 7) is 8.53. The van der Waals surface area contributed by atoms with Gasteiger partial charge in [0, 0.05) is 32.2 Å². The molecule has 1 aliphatic heterocycles. The molecule has 1 aromatic rings. The fourth-order valence-corrected chi connectivity index (χ4v) is 4.16. The van der Waals surface area contributed by atoms with Crippen LogP contribution in [0, 0.1) is 6.92 Å². The van der Waals surface area contributed by atoms with Crippen molar-refractivity contribution in [2.45, 2.75) is 46.1 Å². The molecule has 0 bridgehead atoms. The number of aryl methyl sites for hydroxylation is 1. The van der Waals surface area contributed by atoms with Crippen LogP contribution in [0.3, 0.4) is 0 Å². The third kappa shape index (κ3) is 7.95. The molecular formula is C19H33IN4O2S. The van der Waals surface area contributed by atoms with Crippen LogP contribution in [0.4, 0.5) is 0 Å². The number of rotatable bonds is 7. The molecular weight excluding hydrogens is 475 g/mol. The van der Waals surface area contributed by atoms with Gasteiger partial charge in [-0.3, -0.25) is 4.99 Å². The zero-order chi connectivity index (χ0) is 19.0. The third-order valence-corrected chi connectivity index (χ3v) is 6.57. The quantitative estimate of drug-likeness (QED) is 0.337. The lowest BCUT2D eigenvalue weighted by Gasteiger charge is -2.32. The van der Waals surface area contributed by atoms with E-state index in [2.05, 4.69) is 46.8 Å². The minimum atomic E-state index is -3.07. The smallest absolute Gasteiger partial charge is 0.213 e. The van der Waals surface area contributed by atoms with Crippen molar-refractivity contribution in [1.29, 1.82) is 0 Å². The Kier molecular flexibility index (Phi) is 10.6. The van der Waals surface area contributed by atoms with E-state index in [1.165, 1.54) is 11.1 Å². The summed E-state index contributed by atoms with van der Waals surface area (Å²) < 4.78 is 25.5. The monoisotopic (exact) mass is 508 g/mol. The zero-order valence-corrected chi connectivity index (χ0v) is 19.7. The van der Waals surface area contributed by atoms with Gasteiger partial charge in [0.2, 0.25) is 10.0 Å². The van der Waals surface area contributed by atoms with Crippen LogP contribution in [0.15, 0.2) is 29.3 Å². The Morgan fingerprint density at radius 3 is 2.37 bits per heavy atom. The van der Waals surface area contributed by atoms with Gasteiger partial charge in [0.1, 0.15) is 0 Å². The first-order valence-corrected chi connectivity index (χ1v) is 11.1. The number of nitrogens with zero attached hydrogens (tertiary/aromatic N) is 2. The second kappa shape index (κ2) is 11.9. The van der Waals surface area contributed by atoms with Crippen LogP contribution >= 0.6 is 24.0 Å². The SMILES string of the molecule is CCNC(=NCCc1ccc(C)cc1)NC1CCN(S(=O)(=O)CC)CC1.I. The van der Waals surface area contributed by atoms with Gasteiger partial charge in [-0.2, -0.15) is 0 Å². The summed E-state index contributed by atoms with van der Waals surface area (Å²) >= 11 is 0. The van der Waals surface area contributed by atoms with Crippen LogP contribution in [0.5, 0.6) is 0 Å². The normalized spacial score (nSPS) is 16.6. The van der Waals surface area contributed by atoms with Gasteiger partial charge >= 0.3 is 0 Å². The number of halogens is 1. The molecule has 0 spiro atoms. The van der Waals surface area contributed by atoms with Crippen LogP contribution in [0.25, 0.3) is 0 Å². The molecule has 0 aromatic heterocycles. The van der Waals surface area contributed by atoms with Crippen molar-refractivity contribution in [1.82, 2.24) is 14.9 Å². The molecule has 6 nitrogen and oxygen atoms in total. The molecule has 0 saturated carbocycles. The molecule has 154 valence electrons. The number of piperidine rings is 1. The average molecular weight is 508 g/mol. The lowest BCUT2D eigenvalue weighted by Crippen LogP contribution is -2.50. The van der Waals surface area contributed by atoms with Crippen molar-refractivity contribution in [2.24, 2.45) is 4.99 Å². The fourth-order valence-electron chi connectivity index (χ4n) is 3.03. The summed E-state index contributed by atoms with van der Waals surface area (Å²) in [6, 6.07) is 8.81. The summed E-state index contributed by atoms with van der Waals surface area (Å²) in [5, 5.41) is 6.74. The second-order valence-electron chi connectivity index (χ2n) is 6.71. The molecule has 1 saturated heterocycles. The number of hydrogen-bond acceptors (Lipinski definition) is 3. The van der Waals surface area contributed by atoms with Gasteiger partial charge < -0.3 is 10.6 Å². The van der Waals surface area contributed by atoms with Crippen molar-refractivity contribution >= 4 is 40.0 Å². The summed E-state index contributed by atoms with van der Waals surface area (Å²) in [7, 11) is -3.07. The number of aliphatic imine (C=N–C) groups is 1. The Labute approximate surface area is 181 Å². The molecule has 1 fully saturated rings. The lowest BCUT2D eigenvalue weighted by molar-refractivity contribution is 0.306. The molecule has 27 heavy (non-hydrogen) atoms. The summed E-state index contributed by atoms with van der Waals surface area (Å²) in [5.41, 5.74) is 2.55. The van der Waals surface area contributed by atoms with E-state index in [4.69, 9.17) is 0 Å². The van der Waals surface area contributed by atoms with Gasteiger partial charge in [-0.15, -0.1) is 24.0 Å². The molecule has 0 aliphatic carbocycles. The molecule has 2 N–H and O–H groups in total. The summed E-state index contributed by atoms with van der Waals surface area (Å²) in [4.78, 5) is 4.67. The molecule has 0 radical (unpaired) electrons. The molecule has 0 unspecified atom stereocenters. The van der Waals surface area contributed by atoms with E-state index < -0.39 is 10.0 Å². The average Bonchev–Trinajstić information content (AvgIpc) is 2.64. The Bertz CT molecular complexity index is 684. The van der Waals surface area contributed by atoms with Crippen LogP contribution in [0.2, 0.25) is 0 Å². The Hall–Kier alpha value is -0.870. The number of hydrogen-bond donors (Lipinski definition) is 2. The van der Waals surface area contributed by atoms with E-state index in [0.717, 1.165) is 38.3 Å². The van der Waals surface area contributed by atoms with Gasteiger partial charge in [-0.25, -0.2) is 12.7 Å². The maximum absolute atomic E-state index is 12.0. The van der Waals surface area contributed by atoms with E-state index in [1.54, 1.807) is 11.2 Å². The highest BCUT2D eigenvalue weighted by atomic mass is 127. The van der Waals surface area contributed by atoms with Gasteiger partial charge in [0.25, 0.3) is 0 Å². The summed E-state index contributed by atoms with van der Waals surface area (Å²) in [5.74, 6) is 0.991. The van der Waals surface area contributed by atoms with Crippen molar-refractivity contribution < 1.29 is 8.42 Å². The Balaban J connectivity index is 0.00000364. The molecule has 2 rings (SSSR count). The van der Waals surface area contributed by atoms with E-state index in [9.17, 15) is 8.42 Å². The van der Waals surface area contributed by atoms with Crippen molar-refractivity contribution in [2.75, 3.05) is 31.9 Å².